The minimum atomic E-state index is 0.407. The Kier molecular flexibility index (Phi) is 2.57. The van der Waals surface area contributed by atoms with E-state index in [2.05, 4.69) is 13.8 Å². The first-order chi connectivity index (χ1) is 5.25. The van der Waals surface area contributed by atoms with Gasteiger partial charge in [0, 0.05) is 0 Å². The molecule has 0 radical (unpaired) electrons. The van der Waals surface area contributed by atoms with Gasteiger partial charge in [-0.3, -0.25) is 0 Å². The normalized spacial score (nSPS) is 10.1. The van der Waals surface area contributed by atoms with E-state index in [1.54, 1.807) is 0 Å². The molecule has 0 saturated heterocycles. The molecule has 0 bridgehead atoms. The maximum atomic E-state index is 10.2. The summed E-state index contributed by atoms with van der Waals surface area (Å²) in [5.74, 6) is 0. The fourth-order valence-corrected chi connectivity index (χ4v) is 1.09. The van der Waals surface area contributed by atoms with Crippen LogP contribution in [0.4, 0.5) is 0 Å². The number of hydrogen-bond donors (Lipinski definition) is 0. The first kappa shape index (κ1) is 8.17. The van der Waals surface area contributed by atoms with Gasteiger partial charge in [0.1, 0.15) is 0 Å². The van der Waals surface area contributed by atoms with Crippen molar-refractivity contribution in [3.63, 3.8) is 0 Å². The van der Waals surface area contributed by atoms with Crippen LogP contribution in [0.15, 0.2) is 18.5 Å². The first-order valence-corrected chi connectivity index (χ1v) is 3.76. The Bertz CT molecular complexity index is 244. The molecule has 0 fully saturated rings. The van der Waals surface area contributed by atoms with E-state index in [1.165, 1.54) is 0 Å². The minimum absolute atomic E-state index is 0.407. The molecule has 0 amide bonds. The second-order valence-electron chi connectivity index (χ2n) is 2.75. The average Bonchev–Trinajstić information content (AvgIpc) is 2.36. The van der Waals surface area contributed by atoms with E-state index in [0.29, 0.717) is 12.5 Å². The molecule has 0 aromatic carbocycles. The van der Waals surface area contributed by atoms with Crippen molar-refractivity contribution in [2.45, 2.75) is 26.3 Å². The summed E-state index contributed by atoms with van der Waals surface area (Å²) in [6.07, 6.45) is 4.30. The van der Waals surface area contributed by atoms with E-state index in [1.807, 2.05) is 27.8 Å². The fraction of sp³-hybridized carbons (Fsp3) is 0.571. The van der Waals surface area contributed by atoms with Crippen LogP contribution >= 0.6 is 0 Å². The molecule has 0 aliphatic carbocycles. The molecule has 3 nitrogen and oxygen atoms in total. The molecular weight excluding hydrogens is 139 g/mol. The summed E-state index contributed by atoms with van der Waals surface area (Å²) in [5.41, 5.74) is 0. The number of nitrogens with zero attached hydrogens (tertiary/aromatic N) is 2. The number of hydrogen-bond acceptors (Lipinski definition) is 1. The van der Waals surface area contributed by atoms with E-state index in [0.717, 1.165) is 7.15 Å². The van der Waals surface area contributed by atoms with Gasteiger partial charge >= 0.3 is 66.0 Å². The molecule has 0 atom stereocenters. The third kappa shape index (κ3) is 1.76. The van der Waals surface area contributed by atoms with Gasteiger partial charge in [-0.15, -0.1) is 0 Å². The Morgan fingerprint density at radius 1 is 1.64 bits per heavy atom. The molecular formula is C7H12BN2O+. The second-order valence-corrected chi connectivity index (χ2v) is 2.75. The average molecular weight is 151 g/mol. The van der Waals surface area contributed by atoms with Gasteiger partial charge in [0.25, 0.3) is 0 Å². The van der Waals surface area contributed by atoms with Crippen molar-refractivity contribution < 1.29 is 9.39 Å². The Labute approximate surface area is 66.9 Å². The summed E-state index contributed by atoms with van der Waals surface area (Å²) in [4.78, 5) is 0. The zero-order valence-corrected chi connectivity index (χ0v) is 6.90. The summed E-state index contributed by atoms with van der Waals surface area (Å²) < 4.78 is 14.1. The third-order valence-electron chi connectivity index (χ3n) is 1.58. The van der Waals surface area contributed by atoms with Crippen molar-refractivity contribution in [2.24, 2.45) is 0 Å². The summed E-state index contributed by atoms with van der Waals surface area (Å²) in [6, 6.07) is 2.34. The molecule has 1 heterocycles. The summed E-state index contributed by atoms with van der Waals surface area (Å²) in [5, 5.41) is 0. The van der Waals surface area contributed by atoms with Crippen LogP contribution in [0.1, 0.15) is 19.9 Å². The predicted molar refractivity (Wildman–Crippen MR) is 41.5 cm³/mol. The van der Waals surface area contributed by atoms with Gasteiger partial charge in [0.05, 0.1) is 0 Å². The predicted octanol–water partition coefficient (Wildman–Crippen LogP) is 0.364. The fourth-order valence-electron chi connectivity index (χ4n) is 1.09. The van der Waals surface area contributed by atoms with Gasteiger partial charge in [-0.25, -0.2) is 0 Å². The standard InChI is InChI=1S/C7H12BN2O/c1-7(2)10-5-3-4-9(10)6-8-11/h3-5,7H,6H2,1-2H3/q+1. The van der Waals surface area contributed by atoms with Crippen molar-refractivity contribution in [1.82, 2.24) is 4.68 Å². The van der Waals surface area contributed by atoms with Gasteiger partial charge in [0.2, 0.25) is 0 Å². The van der Waals surface area contributed by atoms with Crippen molar-refractivity contribution in [2.75, 3.05) is 0 Å². The Morgan fingerprint density at radius 3 is 2.91 bits per heavy atom. The Balaban J connectivity index is 2.86. The molecule has 0 N–H and O–H groups in total. The Hall–Kier alpha value is -0.925. The van der Waals surface area contributed by atoms with Crippen LogP contribution < -0.4 is 4.68 Å². The van der Waals surface area contributed by atoms with Crippen LogP contribution in [0.2, 0.25) is 0 Å². The molecule has 0 spiro atoms. The maximum absolute atomic E-state index is 10.2. The summed E-state index contributed by atoms with van der Waals surface area (Å²) >= 11 is 0. The van der Waals surface area contributed by atoms with Crippen molar-refractivity contribution >= 4 is 7.15 Å². The quantitative estimate of drug-likeness (QED) is 0.452. The van der Waals surface area contributed by atoms with Gasteiger partial charge in [-0.1, -0.05) is 0 Å². The number of aromatic nitrogens is 2. The molecule has 0 unspecified atom stereocenters. The van der Waals surface area contributed by atoms with Crippen LogP contribution in [-0.2, 0) is 11.1 Å². The Morgan fingerprint density at radius 2 is 2.36 bits per heavy atom. The van der Waals surface area contributed by atoms with E-state index in [-0.39, 0.29) is 0 Å². The van der Waals surface area contributed by atoms with Gasteiger partial charge in [0.15, 0.2) is 0 Å². The molecule has 1 rings (SSSR count). The molecule has 0 saturated carbocycles. The van der Waals surface area contributed by atoms with Crippen LogP contribution in [0, 0.1) is 0 Å². The van der Waals surface area contributed by atoms with E-state index >= 15 is 0 Å². The molecule has 58 valence electrons. The molecule has 11 heavy (non-hydrogen) atoms. The van der Waals surface area contributed by atoms with Crippen LogP contribution in [0.5, 0.6) is 0 Å². The second kappa shape index (κ2) is 3.46. The molecule has 1 aromatic rings. The van der Waals surface area contributed by atoms with Crippen LogP contribution in [0.3, 0.4) is 0 Å². The van der Waals surface area contributed by atoms with Gasteiger partial charge in [-0.2, -0.15) is 0 Å². The van der Waals surface area contributed by atoms with Crippen molar-refractivity contribution in [1.29, 1.82) is 0 Å². The molecule has 4 heteroatoms. The van der Waals surface area contributed by atoms with Crippen molar-refractivity contribution in [3.05, 3.63) is 18.5 Å². The van der Waals surface area contributed by atoms with Crippen LogP contribution in [-0.4, -0.2) is 11.8 Å². The zero-order valence-electron chi connectivity index (χ0n) is 6.90. The van der Waals surface area contributed by atoms with Gasteiger partial charge in [-0.05, 0) is 0 Å². The molecule has 1 aromatic heterocycles. The van der Waals surface area contributed by atoms with Crippen molar-refractivity contribution in [3.8, 4) is 0 Å². The third-order valence-corrected chi connectivity index (χ3v) is 1.58. The first-order valence-electron chi connectivity index (χ1n) is 3.76. The summed E-state index contributed by atoms with van der Waals surface area (Å²) in [7, 11) is 0.902. The van der Waals surface area contributed by atoms with E-state index < -0.39 is 0 Å². The topological polar surface area (TPSA) is 25.9 Å². The SMILES string of the molecule is CC(C)n1ccc[n+]1CB=O. The van der Waals surface area contributed by atoms with Gasteiger partial charge < -0.3 is 0 Å². The number of rotatable bonds is 3. The van der Waals surface area contributed by atoms with E-state index in [4.69, 9.17) is 0 Å². The molecule has 0 aliphatic heterocycles. The van der Waals surface area contributed by atoms with Crippen LogP contribution in [0.25, 0.3) is 0 Å². The van der Waals surface area contributed by atoms with E-state index in [9.17, 15) is 4.70 Å². The zero-order chi connectivity index (χ0) is 8.27. The molecule has 0 aliphatic rings. The summed E-state index contributed by atoms with van der Waals surface area (Å²) in [6.45, 7) is 4.17. The monoisotopic (exact) mass is 151 g/mol.